The van der Waals surface area contributed by atoms with E-state index in [1.807, 2.05) is 0 Å². The normalized spacial score (nSPS) is 24.2. The Morgan fingerprint density at radius 1 is 1.47 bits per heavy atom. The second kappa shape index (κ2) is 5.46. The fraction of sp³-hybridized carbons (Fsp3) is 0.818. The Morgan fingerprint density at radius 2 is 2.24 bits per heavy atom. The first-order valence-corrected chi connectivity index (χ1v) is 6.03. The Bertz CT molecular complexity index is 298. The fourth-order valence-electron chi connectivity index (χ4n) is 1.76. The minimum Gasteiger partial charge on any atom is -0.366 e. The van der Waals surface area contributed by atoms with Crippen LogP contribution in [0.25, 0.3) is 0 Å². The van der Waals surface area contributed by atoms with E-state index in [0.717, 1.165) is 19.4 Å². The summed E-state index contributed by atoms with van der Waals surface area (Å²) in [6.07, 6.45) is 1.65. The number of nitrogens with one attached hydrogen (secondary N) is 2. The molecule has 2 rings (SSSR count). The molecule has 0 aromatic carbocycles. The Hall–Kier alpha value is -1.14. The highest BCUT2D eigenvalue weighted by atomic mass is 16.5. The van der Waals surface area contributed by atoms with E-state index in [1.54, 1.807) is 7.05 Å². The van der Waals surface area contributed by atoms with Crippen molar-refractivity contribution in [3.05, 3.63) is 0 Å². The molecule has 1 saturated heterocycles. The lowest BCUT2D eigenvalue weighted by Crippen LogP contribution is -2.50. The summed E-state index contributed by atoms with van der Waals surface area (Å²) in [6, 6.07) is 0.332. The van der Waals surface area contributed by atoms with Gasteiger partial charge in [0.15, 0.2) is 0 Å². The van der Waals surface area contributed by atoms with Gasteiger partial charge in [-0.25, -0.2) is 0 Å². The number of likely N-dealkylation sites (N-methyl/N-ethyl adjacent to an activating group) is 1. The molecular formula is C11H19N3O3. The minimum atomic E-state index is -0.456. The minimum absolute atomic E-state index is 0.0906. The van der Waals surface area contributed by atoms with Crippen molar-refractivity contribution in [1.82, 2.24) is 15.5 Å². The number of nitrogens with zero attached hydrogens (tertiary/aromatic N) is 1. The molecule has 1 unspecified atom stereocenters. The molecule has 1 saturated carbocycles. The van der Waals surface area contributed by atoms with Gasteiger partial charge in [0.2, 0.25) is 5.91 Å². The molecule has 2 N–H and O–H groups in total. The monoisotopic (exact) mass is 241 g/mol. The predicted molar refractivity (Wildman–Crippen MR) is 61.4 cm³/mol. The molecule has 0 bridgehead atoms. The quantitative estimate of drug-likeness (QED) is 0.642. The van der Waals surface area contributed by atoms with Crippen LogP contribution in [0.1, 0.15) is 12.8 Å². The van der Waals surface area contributed by atoms with E-state index in [-0.39, 0.29) is 18.4 Å². The van der Waals surface area contributed by atoms with Gasteiger partial charge < -0.3 is 20.3 Å². The van der Waals surface area contributed by atoms with E-state index in [4.69, 9.17) is 4.74 Å². The van der Waals surface area contributed by atoms with Crippen molar-refractivity contribution >= 4 is 11.8 Å². The van der Waals surface area contributed by atoms with Crippen LogP contribution in [0.15, 0.2) is 0 Å². The van der Waals surface area contributed by atoms with E-state index in [1.165, 1.54) is 4.90 Å². The third-order valence-corrected chi connectivity index (χ3v) is 2.90. The van der Waals surface area contributed by atoms with Gasteiger partial charge in [0.1, 0.15) is 6.10 Å². The van der Waals surface area contributed by atoms with Crippen LogP contribution in [0.3, 0.4) is 0 Å². The van der Waals surface area contributed by atoms with Crippen molar-refractivity contribution in [2.75, 3.05) is 33.3 Å². The van der Waals surface area contributed by atoms with E-state index in [2.05, 4.69) is 10.6 Å². The van der Waals surface area contributed by atoms with Gasteiger partial charge in [-0.15, -0.1) is 0 Å². The molecule has 1 aliphatic carbocycles. The zero-order chi connectivity index (χ0) is 12.3. The highest BCUT2D eigenvalue weighted by Gasteiger charge is 2.28. The standard InChI is InChI=1S/C11H19N3O3/c1-14(7-10(15)13-8-2-3-8)11(16)9-6-12-4-5-17-9/h8-9,12H,2-7H2,1H3,(H,13,15). The Balaban J connectivity index is 1.74. The van der Waals surface area contributed by atoms with Crippen LogP contribution in [0.4, 0.5) is 0 Å². The molecule has 96 valence electrons. The molecule has 17 heavy (non-hydrogen) atoms. The third kappa shape index (κ3) is 3.67. The summed E-state index contributed by atoms with van der Waals surface area (Å²) in [7, 11) is 1.63. The van der Waals surface area contributed by atoms with Gasteiger partial charge in [0.05, 0.1) is 13.2 Å². The lowest BCUT2D eigenvalue weighted by atomic mass is 10.2. The van der Waals surface area contributed by atoms with E-state index in [9.17, 15) is 9.59 Å². The summed E-state index contributed by atoms with van der Waals surface area (Å²) in [5.74, 6) is -0.227. The number of hydrogen-bond acceptors (Lipinski definition) is 4. The van der Waals surface area contributed by atoms with Crippen molar-refractivity contribution in [2.45, 2.75) is 25.0 Å². The highest BCUT2D eigenvalue weighted by Crippen LogP contribution is 2.18. The van der Waals surface area contributed by atoms with Gasteiger partial charge in [0, 0.05) is 26.2 Å². The SMILES string of the molecule is CN(CC(=O)NC1CC1)C(=O)C1CNCCO1. The average molecular weight is 241 g/mol. The molecule has 2 fully saturated rings. The first-order chi connectivity index (χ1) is 8.16. The second-order valence-corrected chi connectivity index (χ2v) is 4.60. The number of morpholine rings is 1. The Morgan fingerprint density at radius 3 is 2.82 bits per heavy atom. The summed E-state index contributed by atoms with van der Waals surface area (Å²) in [4.78, 5) is 24.9. The number of hydrogen-bond donors (Lipinski definition) is 2. The van der Waals surface area contributed by atoms with Gasteiger partial charge in [-0.05, 0) is 12.8 Å². The molecule has 6 nitrogen and oxygen atoms in total. The molecule has 2 amide bonds. The van der Waals surface area contributed by atoms with Crippen LogP contribution < -0.4 is 10.6 Å². The molecule has 1 heterocycles. The zero-order valence-corrected chi connectivity index (χ0v) is 10.1. The largest absolute Gasteiger partial charge is 0.366 e. The maximum Gasteiger partial charge on any atom is 0.253 e. The maximum atomic E-state index is 11.9. The molecular weight excluding hydrogens is 222 g/mol. The molecule has 1 atom stereocenters. The molecule has 2 aliphatic rings. The van der Waals surface area contributed by atoms with E-state index < -0.39 is 6.10 Å². The second-order valence-electron chi connectivity index (χ2n) is 4.60. The van der Waals surface area contributed by atoms with Gasteiger partial charge >= 0.3 is 0 Å². The third-order valence-electron chi connectivity index (χ3n) is 2.90. The van der Waals surface area contributed by atoms with Gasteiger partial charge in [0.25, 0.3) is 5.91 Å². The van der Waals surface area contributed by atoms with Gasteiger partial charge in [-0.3, -0.25) is 9.59 Å². The number of ether oxygens (including phenoxy) is 1. The van der Waals surface area contributed by atoms with Crippen molar-refractivity contribution in [2.24, 2.45) is 0 Å². The molecule has 0 aromatic rings. The average Bonchev–Trinajstić information content (AvgIpc) is 3.12. The summed E-state index contributed by atoms with van der Waals surface area (Å²) >= 11 is 0. The first-order valence-electron chi connectivity index (χ1n) is 6.03. The lowest BCUT2D eigenvalue weighted by molar-refractivity contribution is -0.146. The van der Waals surface area contributed by atoms with Gasteiger partial charge in [-0.2, -0.15) is 0 Å². The number of carbonyl (C=O) groups excluding carboxylic acids is 2. The van der Waals surface area contributed by atoms with E-state index in [0.29, 0.717) is 19.2 Å². The number of rotatable bonds is 4. The van der Waals surface area contributed by atoms with Crippen LogP contribution in [-0.2, 0) is 14.3 Å². The number of amides is 2. The van der Waals surface area contributed by atoms with Crippen LogP contribution in [0.2, 0.25) is 0 Å². The Kier molecular flexibility index (Phi) is 3.96. The van der Waals surface area contributed by atoms with Crippen molar-refractivity contribution in [3.8, 4) is 0 Å². The highest BCUT2D eigenvalue weighted by molar-refractivity contribution is 5.87. The van der Waals surface area contributed by atoms with Crippen molar-refractivity contribution in [1.29, 1.82) is 0 Å². The molecule has 0 radical (unpaired) electrons. The fourth-order valence-corrected chi connectivity index (χ4v) is 1.76. The topological polar surface area (TPSA) is 70.7 Å². The molecule has 0 aromatic heterocycles. The summed E-state index contributed by atoms with van der Waals surface area (Å²) < 4.78 is 5.35. The summed E-state index contributed by atoms with van der Waals surface area (Å²) in [5, 5.41) is 5.95. The van der Waals surface area contributed by atoms with Crippen molar-refractivity contribution in [3.63, 3.8) is 0 Å². The van der Waals surface area contributed by atoms with Crippen LogP contribution in [0, 0.1) is 0 Å². The van der Waals surface area contributed by atoms with Crippen LogP contribution >= 0.6 is 0 Å². The lowest BCUT2D eigenvalue weighted by Gasteiger charge is -2.26. The molecule has 0 spiro atoms. The van der Waals surface area contributed by atoms with Crippen LogP contribution in [0.5, 0.6) is 0 Å². The summed E-state index contributed by atoms with van der Waals surface area (Å²) in [6.45, 7) is 1.94. The summed E-state index contributed by atoms with van der Waals surface area (Å²) in [5.41, 5.74) is 0. The number of carbonyl (C=O) groups is 2. The smallest absolute Gasteiger partial charge is 0.253 e. The first kappa shape index (κ1) is 12.3. The van der Waals surface area contributed by atoms with Crippen LogP contribution in [-0.4, -0.2) is 62.1 Å². The Labute approximate surface area is 101 Å². The molecule has 6 heteroatoms. The van der Waals surface area contributed by atoms with E-state index >= 15 is 0 Å². The maximum absolute atomic E-state index is 11.9. The predicted octanol–water partition coefficient (Wildman–Crippen LogP) is -1.29. The zero-order valence-electron chi connectivity index (χ0n) is 10.1. The molecule has 1 aliphatic heterocycles. The van der Waals surface area contributed by atoms with Gasteiger partial charge in [-0.1, -0.05) is 0 Å². The van der Waals surface area contributed by atoms with Crippen molar-refractivity contribution < 1.29 is 14.3 Å².